The van der Waals surface area contributed by atoms with Gasteiger partial charge in [0, 0.05) is 31.9 Å². The van der Waals surface area contributed by atoms with Crippen LogP contribution in [0.15, 0.2) is 21.9 Å². The van der Waals surface area contributed by atoms with Crippen molar-refractivity contribution in [3.8, 4) is 0 Å². The number of fused-ring (bicyclic) bond motifs is 1. The normalized spacial score (nSPS) is 36.2. The van der Waals surface area contributed by atoms with Gasteiger partial charge in [-0.15, -0.1) is 0 Å². The smallest absolute Gasteiger partial charge is 0.330 e. The van der Waals surface area contributed by atoms with Gasteiger partial charge in [-0.2, -0.15) is 0 Å². The summed E-state index contributed by atoms with van der Waals surface area (Å²) in [5.74, 6) is 0.172. The second-order valence-corrected chi connectivity index (χ2v) is 5.50. The number of aromatic nitrogens is 2. The van der Waals surface area contributed by atoms with Crippen LogP contribution in [0.1, 0.15) is 19.6 Å². The quantitative estimate of drug-likeness (QED) is 0.835. The molecule has 0 radical (unpaired) electrons. The van der Waals surface area contributed by atoms with Gasteiger partial charge in [-0.3, -0.25) is 14.3 Å². The van der Waals surface area contributed by atoms with Gasteiger partial charge in [-0.25, -0.2) is 4.79 Å². The Kier molecular flexibility index (Phi) is 3.27. The topological polar surface area (TPSA) is 82.5 Å². The van der Waals surface area contributed by atoms with Crippen LogP contribution in [0.25, 0.3) is 0 Å². The van der Waals surface area contributed by atoms with Crippen LogP contribution in [0.4, 0.5) is 0 Å². The van der Waals surface area contributed by atoms with E-state index in [1.807, 2.05) is 6.92 Å². The molecule has 7 heteroatoms. The van der Waals surface area contributed by atoms with Gasteiger partial charge in [0.1, 0.15) is 6.10 Å². The Hall–Kier alpha value is -1.44. The monoisotopic (exact) mass is 282 g/mol. The fourth-order valence-electron chi connectivity index (χ4n) is 3.25. The second kappa shape index (κ2) is 4.83. The summed E-state index contributed by atoms with van der Waals surface area (Å²) in [4.78, 5) is 25.3. The lowest BCUT2D eigenvalue weighted by Gasteiger charge is -2.28. The highest BCUT2D eigenvalue weighted by Gasteiger charge is 2.56. The third kappa shape index (κ3) is 2.02. The highest BCUT2D eigenvalue weighted by molar-refractivity contribution is 5.02. The van der Waals surface area contributed by atoms with Crippen molar-refractivity contribution in [2.45, 2.75) is 31.3 Å². The molecule has 2 fully saturated rings. The minimum Gasteiger partial charge on any atom is -0.382 e. The fourth-order valence-corrected chi connectivity index (χ4v) is 3.25. The number of aromatic amines is 1. The standard InChI is InChI=1S/C13H18N2O5/c1-13(7-18-2)8-4-6-19-10(8)11(20-13)15-5-3-9(16)14-12(15)17/h3,5,8,10-11H,4,6-7H2,1-2H3,(H,14,16,17)/t8-,10?,11+,13+/m0/s1. The van der Waals surface area contributed by atoms with E-state index in [1.54, 1.807) is 7.11 Å². The van der Waals surface area contributed by atoms with Crippen molar-refractivity contribution in [1.29, 1.82) is 0 Å². The summed E-state index contributed by atoms with van der Waals surface area (Å²) < 4.78 is 18.4. The van der Waals surface area contributed by atoms with Crippen molar-refractivity contribution in [2.24, 2.45) is 5.92 Å². The third-order valence-corrected chi connectivity index (χ3v) is 4.15. The molecule has 110 valence electrons. The Bertz CT molecular complexity index is 609. The number of nitrogens with one attached hydrogen (secondary N) is 1. The van der Waals surface area contributed by atoms with E-state index in [2.05, 4.69) is 4.98 Å². The summed E-state index contributed by atoms with van der Waals surface area (Å²) in [5, 5.41) is 0. The predicted molar refractivity (Wildman–Crippen MR) is 69.6 cm³/mol. The maximum atomic E-state index is 11.9. The van der Waals surface area contributed by atoms with E-state index in [1.165, 1.54) is 16.8 Å². The minimum atomic E-state index is -0.535. The average molecular weight is 282 g/mol. The summed E-state index contributed by atoms with van der Waals surface area (Å²) >= 11 is 0. The summed E-state index contributed by atoms with van der Waals surface area (Å²) in [7, 11) is 1.62. The van der Waals surface area contributed by atoms with Crippen molar-refractivity contribution in [1.82, 2.24) is 9.55 Å². The fraction of sp³-hybridized carbons (Fsp3) is 0.692. The van der Waals surface area contributed by atoms with Crippen LogP contribution in [-0.4, -0.2) is 41.6 Å². The highest BCUT2D eigenvalue weighted by Crippen LogP contribution is 2.47. The molecular formula is C13H18N2O5. The van der Waals surface area contributed by atoms with Gasteiger partial charge >= 0.3 is 5.69 Å². The first kappa shape index (κ1) is 13.5. The molecule has 3 heterocycles. The van der Waals surface area contributed by atoms with Crippen molar-refractivity contribution in [3.63, 3.8) is 0 Å². The van der Waals surface area contributed by atoms with Gasteiger partial charge in [-0.1, -0.05) is 0 Å². The summed E-state index contributed by atoms with van der Waals surface area (Å²) in [5.41, 5.74) is -1.40. The van der Waals surface area contributed by atoms with Gasteiger partial charge in [0.15, 0.2) is 6.23 Å². The molecule has 4 atom stereocenters. The molecule has 3 rings (SSSR count). The van der Waals surface area contributed by atoms with Crippen LogP contribution in [0.5, 0.6) is 0 Å². The zero-order valence-corrected chi connectivity index (χ0v) is 11.5. The van der Waals surface area contributed by atoms with E-state index in [-0.39, 0.29) is 12.0 Å². The largest absolute Gasteiger partial charge is 0.382 e. The van der Waals surface area contributed by atoms with Crippen LogP contribution in [0.3, 0.4) is 0 Å². The Morgan fingerprint density at radius 2 is 2.35 bits per heavy atom. The summed E-state index contributed by atoms with van der Waals surface area (Å²) in [6, 6.07) is 1.31. The lowest BCUT2D eigenvalue weighted by atomic mass is 9.87. The molecule has 1 aromatic heterocycles. The van der Waals surface area contributed by atoms with Crippen molar-refractivity contribution in [2.75, 3.05) is 20.3 Å². The van der Waals surface area contributed by atoms with E-state index in [0.717, 1.165) is 6.42 Å². The molecular weight excluding hydrogens is 264 g/mol. The molecule has 0 saturated carbocycles. The van der Waals surface area contributed by atoms with Gasteiger partial charge in [0.25, 0.3) is 5.56 Å². The van der Waals surface area contributed by atoms with E-state index in [4.69, 9.17) is 14.2 Å². The Morgan fingerprint density at radius 1 is 1.55 bits per heavy atom. The van der Waals surface area contributed by atoms with Crippen LogP contribution in [0.2, 0.25) is 0 Å². The maximum absolute atomic E-state index is 11.9. The lowest BCUT2D eigenvalue weighted by Crippen LogP contribution is -2.38. The maximum Gasteiger partial charge on any atom is 0.330 e. The van der Waals surface area contributed by atoms with Crippen LogP contribution >= 0.6 is 0 Å². The first-order valence-corrected chi connectivity index (χ1v) is 6.65. The Balaban J connectivity index is 1.98. The lowest BCUT2D eigenvalue weighted by molar-refractivity contribution is -0.125. The second-order valence-electron chi connectivity index (χ2n) is 5.50. The van der Waals surface area contributed by atoms with E-state index >= 15 is 0 Å². The molecule has 0 aliphatic carbocycles. The van der Waals surface area contributed by atoms with Crippen LogP contribution in [0, 0.1) is 5.92 Å². The third-order valence-electron chi connectivity index (χ3n) is 4.15. The van der Waals surface area contributed by atoms with Crippen molar-refractivity contribution < 1.29 is 14.2 Å². The molecule has 0 amide bonds. The SMILES string of the molecule is COC[C@@]1(C)O[C@@H](n2ccc(=O)[nH]c2=O)C2OCC[C@@H]21. The molecule has 7 nitrogen and oxygen atoms in total. The Labute approximate surface area is 115 Å². The van der Waals surface area contributed by atoms with E-state index in [9.17, 15) is 9.59 Å². The average Bonchev–Trinajstić information content (AvgIpc) is 2.94. The molecule has 1 N–H and O–H groups in total. The molecule has 1 aromatic rings. The number of nitrogens with zero attached hydrogens (tertiary/aromatic N) is 1. The predicted octanol–water partition coefficient (Wildman–Crippen LogP) is -0.124. The zero-order valence-electron chi connectivity index (χ0n) is 11.5. The van der Waals surface area contributed by atoms with Gasteiger partial charge in [-0.05, 0) is 13.3 Å². The molecule has 20 heavy (non-hydrogen) atoms. The van der Waals surface area contributed by atoms with Crippen LogP contribution < -0.4 is 11.2 Å². The van der Waals surface area contributed by atoms with Gasteiger partial charge in [0.2, 0.25) is 0 Å². The molecule has 2 aliphatic heterocycles. The first-order chi connectivity index (χ1) is 9.55. The molecule has 2 aliphatic rings. The zero-order chi connectivity index (χ0) is 14.3. The number of ether oxygens (including phenoxy) is 3. The highest BCUT2D eigenvalue weighted by atomic mass is 16.6. The van der Waals surface area contributed by atoms with Crippen molar-refractivity contribution >= 4 is 0 Å². The van der Waals surface area contributed by atoms with Gasteiger partial charge in [0.05, 0.1) is 12.2 Å². The molecule has 0 aromatic carbocycles. The molecule has 1 unspecified atom stereocenters. The number of rotatable bonds is 3. The Morgan fingerprint density at radius 3 is 3.05 bits per heavy atom. The van der Waals surface area contributed by atoms with Gasteiger partial charge < -0.3 is 14.2 Å². The first-order valence-electron chi connectivity index (χ1n) is 6.65. The molecule has 2 saturated heterocycles. The molecule has 0 spiro atoms. The minimum absolute atomic E-state index is 0.172. The summed E-state index contributed by atoms with van der Waals surface area (Å²) in [6.07, 6.45) is 1.59. The van der Waals surface area contributed by atoms with E-state index in [0.29, 0.717) is 13.2 Å². The number of hydrogen-bond acceptors (Lipinski definition) is 5. The number of H-pyrrole nitrogens is 1. The van der Waals surface area contributed by atoms with E-state index < -0.39 is 23.1 Å². The van der Waals surface area contributed by atoms with Crippen LogP contribution in [-0.2, 0) is 14.2 Å². The molecule has 0 bridgehead atoms. The summed E-state index contributed by atoms with van der Waals surface area (Å²) in [6.45, 7) is 3.05. The number of hydrogen-bond donors (Lipinski definition) is 1. The van der Waals surface area contributed by atoms with Crippen molar-refractivity contribution in [3.05, 3.63) is 33.1 Å². The number of methoxy groups -OCH3 is 1.